The molecule has 0 saturated heterocycles. The van der Waals surface area contributed by atoms with Gasteiger partial charge in [-0.3, -0.25) is 0 Å². The molecule has 2 heterocycles. The maximum atomic E-state index is 11.8. The Kier molecular flexibility index (Phi) is 4.41. The summed E-state index contributed by atoms with van der Waals surface area (Å²) in [6, 6.07) is 1.34. The molecule has 5 nitrogen and oxygen atoms in total. The first-order chi connectivity index (χ1) is 8.54. The van der Waals surface area contributed by atoms with Crippen molar-refractivity contribution in [1.82, 2.24) is 4.90 Å². The Balaban J connectivity index is 2.28. The Morgan fingerprint density at radius 3 is 2.89 bits per heavy atom. The van der Waals surface area contributed by atoms with Gasteiger partial charge in [-0.15, -0.1) is 11.3 Å². The molecule has 1 aromatic heterocycles. The average molecular weight is 397 g/mol. The minimum absolute atomic E-state index is 0.291. The molecule has 1 aromatic rings. The Labute approximate surface area is 125 Å². The van der Waals surface area contributed by atoms with Crippen LogP contribution < -0.4 is 5.73 Å². The topological polar surface area (TPSA) is 67.9 Å². The molecule has 2 rings (SSSR count). The lowest BCUT2D eigenvalue weighted by atomic mass is 10.2. The molecule has 0 aromatic carbocycles. The number of methoxy groups -OCH3 is 1. The maximum Gasteiger partial charge on any atom is 0.346 e. The van der Waals surface area contributed by atoms with Gasteiger partial charge in [0, 0.05) is 23.0 Å². The van der Waals surface area contributed by atoms with E-state index >= 15 is 0 Å². The molecule has 1 atom stereocenters. The number of carbonyl (C=O) groups excluding carboxylic acids is 1. The van der Waals surface area contributed by atoms with Crippen molar-refractivity contribution in [1.29, 1.82) is 0 Å². The fourth-order valence-corrected chi connectivity index (χ4v) is 3.93. The van der Waals surface area contributed by atoms with Crippen LogP contribution in [0.25, 0.3) is 0 Å². The van der Waals surface area contributed by atoms with Gasteiger partial charge in [0.15, 0.2) is 0 Å². The Bertz CT molecular complexity index is 484. The normalized spacial score (nSPS) is 19.5. The number of hydrogen-bond donors (Lipinski definition) is 1. The van der Waals surface area contributed by atoms with Gasteiger partial charge in [-0.1, -0.05) is 0 Å². The number of ether oxygens (including phenoxy) is 1. The Hall–Kier alpha value is -0.440. The van der Waals surface area contributed by atoms with Gasteiger partial charge in [-0.2, -0.15) is 4.99 Å². The minimum Gasteiger partial charge on any atom is -0.385 e. The average Bonchev–Trinajstić information content (AvgIpc) is 2.77. The highest BCUT2D eigenvalue weighted by Gasteiger charge is 2.35. The van der Waals surface area contributed by atoms with E-state index in [2.05, 4.69) is 36.9 Å². The first-order valence-electron chi connectivity index (χ1n) is 5.13. The van der Waals surface area contributed by atoms with E-state index in [0.717, 1.165) is 13.1 Å². The first-order valence-corrected chi connectivity index (χ1v) is 7.53. The zero-order valence-corrected chi connectivity index (χ0v) is 13.5. The van der Waals surface area contributed by atoms with Crippen LogP contribution in [0.4, 0.5) is 4.79 Å². The van der Waals surface area contributed by atoms with E-state index in [4.69, 9.17) is 10.5 Å². The van der Waals surface area contributed by atoms with Crippen LogP contribution in [0, 0.1) is 0 Å². The summed E-state index contributed by atoms with van der Waals surface area (Å²) in [6.45, 7) is 0.927. The third-order valence-electron chi connectivity index (χ3n) is 2.53. The van der Waals surface area contributed by atoms with Gasteiger partial charge in [0.1, 0.15) is 11.9 Å². The summed E-state index contributed by atoms with van der Waals surface area (Å²) in [7, 11) is 1.60. The molecule has 0 saturated carbocycles. The van der Waals surface area contributed by atoms with Crippen molar-refractivity contribution in [3.05, 3.63) is 19.2 Å². The molecular formula is C10H11Br2N3O2S. The summed E-state index contributed by atoms with van der Waals surface area (Å²) in [4.78, 5) is 18.2. The molecule has 2 amide bonds. The molecule has 2 N–H and O–H groups in total. The van der Waals surface area contributed by atoms with Crippen LogP contribution in [0.1, 0.15) is 10.9 Å². The van der Waals surface area contributed by atoms with E-state index in [1.165, 1.54) is 11.3 Å². The van der Waals surface area contributed by atoms with Crippen molar-refractivity contribution >= 4 is 55.1 Å². The lowest BCUT2D eigenvalue weighted by molar-refractivity contribution is 0.151. The molecule has 0 radical (unpaired) electrons. The predicted molar refractivity (Wildman–Crippen MR) is 78.1 cm³/mol. The van der Waals surface area contributed by atoms with Crippen LogP contribution in [-0.2, 0) is 4.74 Å². The van der Waals surface area contributed by atoms with Crippen molar-refractivity contribution in [3.8, 4) is 0 Å². The second-order valence-corrected chi connectivity index (χ2v) is 6.93. The van der Waals surface area contributed by atoms with E-state index < -0.39 is 0 Å². The van der Waals surface area contributed by atoms with Crippen LogP contribution in [0.15, 0.2) is 19.3 Å². The number of rotatable bonds is 4. The summed E-state index contributed by atoms with van der Waals surface area (Å²) in [5.74, 6) is 0.331. The minimum atomic E-state index is -0.310. The van der Waals surface area contributed by atoms with E-state index in [1.807, 2.05) is 6.07 Å². The summed E-state index contributed by atoms with van der Waals surface area (Å²) < 4.78 is 6.91. The molecule has 0 spiro atoms. The van der Waals surface area contributed by atoms with Gasteiger partial charge in [-0.25, -0.2) is 4.79 Å². The van der Waals surface area contributed by atoms with Gasteiger partial charge in [0.05, 0.1) is 10.4 Å². The monoisotopic (exact) mass is 395 g/mol. The second kappa shape index (κ2) is 5.68. The smallest absolute Gasteiger partial charge is 0.346 e. The number of amides is 2. The lowest BCUT2D eigenvalue weighted by Crippen LogP contribution is -2.35. The molecule has 1 aliphatic heterocycles. The number of urea groups is 1. The zero-order chi connectivity index (χ0) is 13.3. The van der Waals surface area contributed by atoms with E-state index in [0.29, 0.717) is 19.0 Å². The molecule has 18 heavy (non-hydrogen) atoms. The van der Waals surface area contributed by atoms with Crippen molar-refractivity contribution in [3.63, 3.8) is 0 Å². The maximum absolute atomic E-state index is 11.8. The third-order valence-corrected chi connectivity index (χ3v) is 5.84. The van der Waals surface area contributed by atoms with Crippen LogP contribution in [-0.4, -0.2) is 37.0 Å². The van der Waals surface area contributed by atoms with Crippen LogP contribution in [0.3, 0.4) is 0 Å². The van der Waals surface area contributed by atoms with Gasteiger partial charge in [-0.05, 0) is 37.9 Å². The number of nitrogens with two attached hydrogens (primary N) is 1. The molecular weight excluding hydrogens is 386 g/mol. The fraction of sp³-hybridized carbons (Fsp3) is 0.400. The van der Waals surface area contributed by atoms with Crippen LogP contribution in [0.5, 0.6) is 0 Å². The number of hydrogen-bond acceptors (Lipinski definition) is 4. The summed E-state index contributed by atoms with van der Waals surface area (Å²) in [5.41, 5.74) is 5.85. The zero-order valence-electron chi connectivity index (χ0n) is 9.52. The van der Waals surface area contributed by atoms with Gasteiger partial charge >= 0.3 is 6.03 Å². The Morgan fingerprint density at radius 2 is 2.33 bits per heavy atom. The number of carbonyl (C=O) groups is 1. The molecule has 1 aliphatic rings. The van der Waals surface area contributed by atoms with Crippen molar-refractivity contribution in [2.75, 3.05) is 20.3 Å². The first kappa shape index (κ1) is 14.0. The quantitative estimate of drug-likeness (QED) is 0.850. The van der Waals surface area contributed by atoms with Gasteiger partial charge in [0.2, 0.25) is 0 Å². The standard InChI is InChI=1S/C10H11Br2N3O2S/c1-17-3-2-15-7(9(13)14-10(15)16)6-4-5(11)8(12)18-6/h4,7H,2-3H2,1H3,(H2,13,14,16). The highest BCUT2D eigenvalue weighted by molar-refractivity contribution is 9.13. The molecule has 1 unspecified atom stereocenters. The largest absolute Gasteiger partial charge is 0.385 e. The van der Waals surface area contributed by atoms with E-state index in [-0.39, 0.29) is 12.1 Å². The van der Waals surface area contributed by atoms with Gasteiger partial charge < -0.3 is 15.4 Å². The SMILES string of the molecule is COCCN1C(=O)N=C(N)C1c1cc(Br)c(Br)s1. The van der Waals surface area contributed by atoms with E-state index in [9.17, 15) is 4.79 Å². The van der Waals surface area contributed by atoms with Crippen molar-refractivity contribution in [2.24, 2.45) is 10.7 Å². The molecule has 0 fully saturated rings. The van der Waals surface area contributed by atoms with Crippen LogP contribution >= 0.6 is 43.2 Å². The highest BCUT2D eigenvalue weighted by Crippen LogP contribution is 2.39. The van der Waals surface area contributed by atoms with Crippen molar-refractivity contribution in [2.45, 2.75) is 6.04 Å². The third kappa shape index (κ3) is 2.61. The summed E-state index contributed by atoms with van der Waals surface area (Å²) in [5, 5.41) is 0. The number of amidine groups is 1. The molecule has 0 aliphatic carbocycles. The fourth-order valence-electron chi connectivity index (χ4n) is 1.72. The van der Waals surface area contributed by atoms with Crippen LogP contribution in [0.2, 0.25) is 0 Å². The number of nitrogens with zero attached hydrogens (tertiary/aromatic N) is 2. The second-order valence-electron chi connectivity index (χ2n) is 3.68. The number of thiophene rings is 1. The number of halogens is 2. The lowest BCUT2D eigenvalue weighted by Gasteiger charge is -2.22. The highest BCUT2D eigenvalue weighted by atomic mass is 79.9. The Morgan fingerprint density at radius 1 is 1.61 bits per heavy atom. The number of aliphatic imine (C=N–C) groups is 1. The summed E-state index contributed by atoms with van der Waals surface area (Å²) in [6.07, 6.45) is 0. The molecule has 0 bridgehead atoms. The van der Waals surface area contributed by atoms with Gasteiger partial charge in [0.25, 0.3) is 0 Å². The predicted octanol–water partition coefficient (Wildman–Crippen LogP) is 2.75. The molecule has 8 heteroatoms. The summed E-state index contributed by atoms with van der Waals surface area (Å²) >= 11 is 8.39. The van der Waals surface area contributed by atoms with Crippen molar-refractivity contribution < 1.29 is 9.53 Å². The molecule has 98 valence electrons. The van der Waals surface area contributed by atoms with E-state index in [1.54, 1.807) is 12.0 Å².